The van der Waals surface area contributed by atoms with Crippen molar-refractivity contribution in [3.63, 3.8) is 0 Å². The maximum absolute atomic E-state index is 12.3. The minimum Gasteiger partial charge on any atom is -0.351 e. The van der Waals surface area contributed by atoms with Gasteiger partial charge < -0.3 is 9.88 Å². The van der Waals surface area contributed by atoms with Crippen molar-refractivity contribution in [2.24, 2.45) is 0 Å². The van der Waals surface area contributed by atoms with E-state index >= 15 is 0 Å². The van der Waals surface area contributed by atoms with Crippen LogP contribution in [0.3, 0.4) is 0 Å². The molecule has 1 aromatic carbocycles. The lowest BCUT2D eigenvalue weighted by Gasteiger charge is -2.10. The molecule has 3 aromatic rings. The highest BCUT2D eigenvalue weighted by molar-refractivity contribution is 9.10. The zero-order chi connectivity index (χ0) is 15.7. The standard InChI is InChI=1S/C17H17BrN2OS/c1-3-19-17(21)15-9-16-14(8-11(2)22-16)20(15)10-12-4-6-13(18)7-5-12/h4-9H,3,10H2,1-2H3,(H,19,21). The van der Waals surface area contributed by atoms with E-state index in [4.69, 9.17) is 0 Å². The van der Waals surface area contributed by atoms with Crippen LogP contribution < -0.4 is 5.32 Å². The van der Waals surface area contributed by atoms with E-state index in [1.807, 2.05) is 25.1 Å². The molecule has 0 saturated carbocycles. The molecule has 5 heteroatoms. The van der Waals surface area contributed by atoms with Gasteiger partial charge in [0.1, 0.15) is 5.69 Å². The predicted molar refractivity (Wildman–Crippen MR) is 95.8 cm³/mol. The first-order valence-electron chi connectivity index (χ1n) is 7.21. The SMILES string of the molecule is CCNC(=O)c1cc2sc(C)cc2n1Cc1ccc(Br)cc1. The van der Waals surface area contributed by atoms with Crippen LogP contribution in [0.15, 0.2) is 40.9 Å². The van der Waals surface area contributed by atoms with Crippen LogP contribution in [0.1, 0.15) is 27.9 Å². The van der Waals surface area contributed by atoms with Crippen molar-refractivity contribution in [3.05, 3.63) is 57.0 Å². The third kappa shape index (κ3) is 2.96. The highest BCUT2D eigenvalue weighted by Gasteiger charge is 2.17. The molecule has 0 unspecified atom stereocenters. The van der Waals surface area contributed by atoms with Gasteiger partial charge in [-0.1, -0.05) is 28.1 Å². The molecular weight excluding hydrogens is 360 g/mol. The van der Waals surface area contributed by atoms with Gasteiger partial charge in [0.2, 0.25) is 0 Å². The molecule has 2 aromatic heterocycles. The Bertz CT molecular complexity index is 817. The van der Waals surface area contributed by atoms with Crippen LogP contribution in [0.25, 0.3) is 10.2 Å². The smallest absolute Gasteiger partial charge is 0.267 e. The molecule has 2 heterocycles. The van der Waals surface area contributed by atoms with Crippen LogP contribution in [-0.4, -0.2) is 17.0 Å². The lowest BCUT2D eigenvalue weighted by Crippen LogP contribution is -2.25. The number of benzene rings is 1. The van der Waals surface area contributed by atoms with Crippen LogP contribution in [0.2, 0.25) is 0 Å². The molecule has 0 aliphatic heterocycles. The van der Waals surface area contributed by atoms with E-state index in [1.54, 1.807) is 11.3 Å². The summed E-state index contributed by atoms with van der Waals surface area (Å²) in [5, 5.41) is 2.90. The van der Waals surface area contributed by atoms with Gasteiger partial charge >= 0.3 is 0 Å². The number of amides is 1. The Labute approximate surface area is 142 Å². The molecule has 0 aliphatic carbocycles. The first-order valence-corrected chi connectivity index (χ1v) is 8.81. The van der Waals surface area contributed by atoms with Crippen molar-refractivity contribution in [1.29, 1.82) is 0 Å². The summed E-state index contributed by atoms with van der Waals surface area (Å²) in [6.45, 7) is 5.36. The molecule has 1 amide bonds. The molecule has 1 N–H and O–H groups in total. The number of nitrogens with one attached hydrogen (secondary N) is 1. The molecule has 0 atom stereocenters. The second-order valence-electron chi connectivity index (χ2n) is 5.21. The maximum Gasteiger partial charge on any atom is 0.267 e. The Hall–Kier alpha value is -1.59. The summed E-state index contributed by atoms with van der Waals surface area (Å²) in [4.78, 5) is 13.6. The van der Waals surface area contributed by atoms with Gasteiger partial charge in [-0.2, -0.15) is 0 Å². The fourth-order valence-electron chi connectivity index (χ4n) is 2.55. The molecule has 0 aliphatic rings. The van der Waals surface area contributed by atoms with Gasteiger partial charge in [0.05, 0.1) is 10.2 Å². The van der Waals surface area contributed by atoms with Crippen LogP contribution in [0.5, 0.6) is 0 Å². The average Bonchev–Trinajstić information content (AvgIpc) is 2.99. The molecule has 0 fully saturated rings. The number of aryl methyl sites for hydroxylation is 1. The van der Waals surface area contributed by atoms with E-state index in [-0.39, 0.29) is 5.91 Å². The first-order chi connectivity index (χ1) is 10.6. The number of rotatable bonds is 4. The lowest BCUT2D eigenvalue weighted by molar-refractivity contribution is 0.0947. The van der Waals surface area contributed by atoms with Crippen LogP contribution >= 0.6 is 27.3 Å². The molecule has 0 saturated heterocycles. The Morgan fingerprint density at radius 1 is 1.27 bits per heavy atom. The Morgan fingerprint density at radius 3 is 2.68 bits per heavy atom. The molecular formula is C17H17BrN2OS. The second-order valence-corrected chi connectivity index (χ2v) is 7.41. The van der Waals surface area contributed by atoms with Gasteiger partial charge in [-0.05, 0) is 43.7 Å². The van der Waals surface area contributed by atoms with Crippen molar-refractivity contribution >= 4 is 43.4 Å². The molecule has 0 radical (unpaired) electrons. The third-order valence-corrected chi connectivity index (χ3v) is 5.05. The molecule has 22 heavy (non-hydrogen) atoms. The van der Waals surface area contributed by atoms with E-state index in [1.165, 1.54) is 10.4 Å². The fourth-order valence-corrected chi connectivity index (χ4v) is 3.77. The van der Waals surface area contributed by atoms with Gasteiger partial charge in [0.15, 0.2) is 0 Å². The van der Waals surface area contributed by atoms with E-state index < -0.39 is 0 Å². The summed E-state index contributed by atoms with van der Waals surface area (Å²) in [5.74, 6) is -0.0133. The number of halogens is 1. The van der Waals surface area contributed by atoms with Crippen molar-refractivity contribution in [1.82, 2.24) is 9.88 Å². The maximum atomic E-state index is 12.3. The van der Waals surface area contributed by atoms with E-state index in [0.717, 1.165) is 20.4 Å². The number of nitrogens with zero attached hydrogens (tertiary/aromatic N) is 1. The topological polar surface area (TPSA) is 34.0 Å². The Morgan fingerprint density at radius 2 is 2.00 bits per heavy atom. The summed E-state index contributed by atoms with van der Waals surface area (Å²) in [6, 6.07) is 12.4. The number of carbonyl (C=O) groups excluding carboxylic acids is 1. The number of carbonyl (C=O) groups is 1. The minimum absolute atomic E-state index is 0.0133. The Balaban J connectivity index is 2.05. The van der Waals surface area contributed by atoms with Gasteiger partial charge in [-0.25, -0.2) is 0 Å². The molecule has 3 nitrogen and oxygen atoms in total. The van der Waals surface area contributed by atoms with Crippen molar-refractivity contribution in [2.75, 3.05) is 6.54 Å². The average molecular weight is 377 g/mol. The molecule has 114 valence electrons. The first kappa shape index (κ1) is 15.3. The van der Waals surface area contributed by atoms with Crippen molar-refractivity contribution in [3.8, 4) is 0 Å². The lowest BCUT2D eigenvalue weighted by atomic mass is 10.2. The molecule has 0 bridgehead atoms. The van der Waals surface area contributed by atoms with E-state index in [9.17, 15) is 4.79 Å². The summed E-state index contributed by atoms with van der Waals surface area (Å²) < 4.78 is 4.33. The van der Waals surface area contributed by atoms with Crippen molar-refractivity contribution in [2.45, 2.75) is 20.4 Å². The van der Waals surface area contributed by atoms with Crippen LogP contribution in [-0.2, 0) is 6.54 Å². The Kier molecular flexibility index (Phi) is 4.36. The largest absolute Gasteiger partial charge is 0.351 e. The number of aromatic nitrogens is 1. The predicted octanol–water partition coefficient (Wildman–Crippen LogP) is 4.57. The van der Waals surface area contributed by atoms with Gasteiger partial charge in [0.25, 0.3) is 5.91 Å². The van der Waals surface area contributed by atoms with E-state index in [2.05, 4.69) is 50.9 Å². The zero-order valence-corrected chi connectivity index (χ0v) is 14.9. The number of hydrogen-bond donors (Lipinski definition) is 1. The normalized spacial score (nSPS) is 11.0. The van der Waals surface area contributed by atoms with Gasteiger partial charge in [0, 0.05) is 22.4 Å². The second kappa shape index (κ2) is 6.26. The highest BCUT2D eigenvalue weighted by Crippen LogP contribution is 2.29. The number of thiophene rings is 1. The summed E-state index contributed by atoms with van der Waals surface area (Å²) >= 11 is 5.18. The summed E-state index contributed by atoms with van der Waals surface area (Å²) in [6.07, 6.45) is 0. The molecule has 0 spiro atoms. The quantitative estimate of drug-likeness (QED) is 0.710. The highest BCUT2D eigenvalue weighted by atomic mass is 79.9. The van der Waals surface area contributed by atoms with Crippen molar-refractivity contribution < 1.29 is 4.79 Å². The van der Waals surface area contributed by atoms with Gasteiger partial charge in [-0.15, -0.1) is 11.3 Å². The number of fused-ring (bicyclic) bond motifs is 1. The van der Waals surface area contributed by atoms with E-state index in [0.29, 0.717) is 13.1 Å². The third-order valence-electron chi connectivity index (χ3n) is 3.54. The van der Waals surface area contributed by atoms with Crippen LogP contribution in [0.4, 0.5) is 0 Å². The monoisotopic (exact) mass is 376 g/mol. The number of hydrogen-bond acceptors (Lipinski definition) is 2. The van der Waals surface area contributed by atoms with Gasteiger partial charge in [-0.3, -0.25) is 4.79 Å². The fraction of sp³-hybridized carbons (Fsp3) is 0.235. The zero-order valence-electron chi connectivity index (χ0n) is 12.5. The summed E-state index contributed by atoms with van der Waals surface area (Å²) in [7, 11) is 0. The minimum atomic E-state index is -0.0133. The van der Waals surface area contributed by atoms with Crippen LogP contribution in [0, 0.1) is 6.92 Å². The summed E-state index contributed by atoms with van der Waals surface area (Å²) in [5.41, 5.74) is 3.03. The molecule has 3 rings (SSSR count).